The van der Waals surface area contributed by atoms with Crippen LogP contribution in [0.1, 0.15) is 40.9 Å². The third-order valence-electron chi connectivity index (χ3n) is 6.32. The van der Waals surface area contributed by atoms with Crippen LogP contribution < -0.4 is 24.8 Å². The Balaban J connectivity index is 1.49. The maximum atomic E-state index is 13.0. The molecule has 8 nitrogen and oxygen atoms in total. The van der Waals surface area contributed by atoms with E-state index in [4.69, 9.17) is 18.9 Å². The number of urea groups is 1. The third kappa shape index (κ3) is 6.48. The summed E-state index contributed by atoms with van der Waals surface area (Å²) >= 11 is 1.31. The molecule has 4 aromatic rings. The number of rotatable bonds is 9. The van der Waals surface area contributed by atoms with Gasteiger partial charge >= 0.3 is 12.0 Å². The van der Waals surface area contributed by atoms with E-state index in [1.807, 2.05) is 81.4 Å². The molecule has 0 fully saturated rings. The lowest BCUT2D eigenvalue weighted by Gasteiger charge is -2.15. The molecule has 9 heteroatoms. The van der Waals surface area contributed by atoms with Gasteiger partial charge in [0.1, 0.15) is 10.6 Å². The summed E-state index contributed by atoms with van der Waals surface area (Å²) in [4.78, 5) is 26.7. The molecule has 0 bridgehead atoms. The molecule has 0 radical (unpaired) electrons. The van der Waals surface area contributed by atoms with Crippen molar-refractivity contribution < 1.29 is 28.5 Å². The number of thiophene rings is 1. The summed E-state index contributed by atoms with van der Waals surface area (Å²) in [5.41, 5.74) is 1.91. The molecule has 0 atom stereocenters. The lowest BCUT2D eigenvalue weighted by Crippen LogP contribution is -2.20. The number of carbonyl (C=O) groups is 2. The number of carbonyl (C=O) groups excluding carboxylic acids is 2. The summed E-state index contributed by atoms with van der Waals surface area (Å²) < 4.78 is 21.8. The fourth-order valence-corrected chi connectivity index (χ4v) is 5.28. The highest BCUT2D eigenvalue weighted by Crippen LogP contribution is 2.37. The Hall–Kier alpha value is -4.24. The average molecular weight is 563 g/mol. The lowest BCUT2D eigenvalue weighted by atomic mass is 9.94. The van der Waals surface area contributed by atoms with Crippen LogP contribution in [-0.2, 0) is 16.6 Å². The van der Waals surface area contributed by atoms with Crippen LogP contribution in [-0.4, -0.2) is 39.9 Å². The topological polar surface area (TPSA) is 95.1 Å². The molecule has 0 aliphatic heterocycles. The van der Waals surface area contributed by atoms with Crippen LogP contribution in [0.3, 0.4) is 0 Å². The van der Waals surface area contributed by atoms with E-state index < -0.39 is 12.0 Å². The lowest BCUT2D eigenvalue weighted by molar-refractivity contribution is 0.0607. The molecule has 0 aliphatic rings. The fourth-order valence-electron chi connectivity index (χ4n) is 4.19. The van der Waals surface area contributed by atoms with Crippen molar-refractivity contribution in [2.24, 2.45) is 0 Å². The molecule has 1 aromatic heterocycles. The predicted molar refractivity (Wildman–Crippen MR) is 160 cm³/mol. The summed E-state index contributed by atoms with van der Waals surface area (Å²) in [5.74, 6) is 1.58. The fraction of sp³-hybridized carbons (Fsp3) is 0.290. The Bertz CT molecular complexity index is 1520. The second kappa shape index (κ2) is 12.3. The van der Waals surface area contributed by atoms with Crippen molar-refractivity contribution in [1.29, 1.82) is 0 Å². The Kier molecular flexibility index (Phi) is 8.84. The minimum absolute atomic E-state index is 0.185. The van der Waals surface area contributed by atoms with Gasteiger partial charge < -0.3 is 29.6 Å². The maximum Gasteiger partial charge on any atom is 0.350 e. The minimum Gasteiger partial charge on any atom is -0.493 e. The highest BCUT2D eigenvalue weighted by Gasteiger charge is 2.24. The van der Waals surface area contributed by atoms with E-state index in [1.54, 1.807) is 14.2 Å². The van der Waals surface area contributed by atoms with Crippen LogP contribution in [0, 0.1) is 0 Å². The zero-order valence-corrected chi connectivity index (χ0v) is 24.4. The first-order valence-corrected chi connectivity index (χ1v) is 13.6. The van der Waals surface area contributed by atoms with Crippen molar-refractivity contribution in [2.75, 3.05) is 38.6 Å². The van der Waals surface area contributed by atoms with Gasteiger partial charge in [0, 0.05) is 22.1 Å². The Labute approximate surface area is 238 Å². The molecule has 2 amide bonds. The van der Waals surface area contributed by atoms with Crippen molar-refractivity contribution in [1.82, 2.24) is 0 Å². The van der Waals surface area contributed by atoms with Crippen LogP contribution >= 0.6 is 11.3 Å². The summed E-state index contributed by atoms with van der Waals surface area (Å²) in [6.45, 7) is 6.60. The second-order valence-corrected chi connectivity index (χ2v) is 11.2. The quantitative estimate of drug-likeness (QED) is 0.208. The van der Waals surface area contributed by atoms with E-state index >= 15 is 0 Å². The number of amides is 2. The number of fused-ring (bicyclic) bond motifs is 1. The van der Waals surface area contributed by atoms with Gasteiger partial charge in [-0.25, -0.2) is 9.59 Å². The summed E-state index contributed by atoms with van der Waals surface area (Å²) in [7, 11) is 4.55. The van der Waals surface area contributed by atoms with E-state index in [1.165, 1.54) is 18.4 Å². The highest BCUT2D eigenvalue weighted by molar-refractivity contribution is 7.14. The van der Waals surface area contributed by atoms with Crippen LogP contribution in [0.2, 0.25) is 0 Å². The molecule has 0 saturated heterocycles. The molecular formula is C31H34N2O6S. The predicted octanol–water partition coefficient (Wildman–Crippen LogP) is 7.27. The highest BCUT2D eigenvalue weighted by atomic mass is 32.1. The van der Waals surface area contributed by atoms with Crippen molar-refractivity contribution >= 4 is 45.5 Å². The van der Waals surface area contributed by atoms with Crippen molar-refractivity contribution in [3.05, 3.63) is 76.0 Å². The first-order valence-electron chi connectivity index (χ1n) is 12.8. The number of hydrogen-bond acceptors (Lipinski definition) is 7. The Morgan fingerprint density at radius 2 is 1.48 bits per heavy atom. The summed E-state index contributed by atoms with van der Waals surface area (Å²) in [5, 5.41) is 7.44. The van der Waals surface area contributed by atoms with Gasteiger partial charge in [0.15, 0.2) is 11.5 Å². The summed E-state index contributed by atoms with van der Waals surface area (Å²) in [6, 6.07) is 18.5. The van der Waals surface area contributed by atoms with Crippen LogP contribution in [0.25, 0.3) is 10.8 Å². The largest absolute Gasteiger partial charge is 0.493 e. The van der Waals surface area contributed by atoms with Gasteiger partial charge in [-0.3, -0.25) is 0 Å². The molecule has 0 saturated carbocycles. The third-order valence-corrected chi connectivity index (χ3v) is 7.86. The molecule has 0 aliphatic carbocycles. The second-order valence-electron chi connectivity index (χ2n) is 10.1. The number of hydrogen-bond donors (Lipinski definition) is 2. The van der Waals surface area contributed by atoms with E-state index in [-0.39, 0.29) is 5.41 Å². The molecule has 0 spiro atoms. The van der Waals surface area contributed by atoms with Crippen molar-refractivity contribution in [3.8, 4) is 17.2 Å². The van der Waals surface area contributed by atoms with E-state index in [0.717, 1.165) is 21.2 Å². The van der Waals surface area contributed by atoms with Crippen LogP contribution in [0.4, 0.5) is 16.2 Å². The smallest absolute Gasteiger partial charge is 0.350 e. The molecule has 2 N–H and O–H groups in total. The molecule has 4 rings (SSSR count). The number of esters is 1. The SMILES string of the molecule is COC(=O)c1sc(C(C)(C)C)cc1NC(=O)Nc1ccc(OCCc2ccc(OC)c(OC)c2)c2ccccc12. The van der Waals surface area contributed by atoms with Crippen molar-refractivity contribution in [2.45, 2.75) is 32.6 Å². The van der Waals surface area contributed by atoms with E-state index in [9.17, 15) is 9.59 Å². The maximum absolute atomic E-state index is 13.0. The van der Waals surface area contributed by atoms with Gasteiger partial charge in [-0.15, -0.1) is 11.3 Å². The molecular weight excluding hydrogens is 528 g/mol. The van der Waals surface area contributed by atoms with Crippen molar-refractivity contribution in [3.63, 3.8) is 0 Å². The molecule has 40 heavy (non-hydrogen) atoms. The van der Waals surface area contributed by atoms with E-state index in [0.29, 0.717) is 46.5 Å². The average Bonchev–Trinajstić information content (AvgIpc) is 3.38. The minimum atomic E-state index is -0.490. The van der Waals surface area contributed by atoms with E-state index in [2.05, 4.69) is 10.6 Å². The number of nitrogens with one attached hydrogen (secondary N) is 2. The monoisotopic (exact) mass is 562 g/mol. The molecule has 210 valence electrons. The first-order chi connectivity index (χ1) is 19.1. The van der Waals surface area contributed by atoms with Crippen LogP contribution in [0.5, 0.6) is 17.2 Å². The number of methoxy groups -OCH3 is 3. The number of ether oxygens (including phenoxy) is 4. The number of anilines is 2. The van der Waals surface area contributed by atoms with Gasteiger partial charge in [-0.05, 0) is 41.3 Å². The zero-order valence-electron chi connectivity index (χ0n) is 23.5. The van der Waals surface area contributed by atoms with Gasteiger partial charge in [0.25, 0.3) is 0 Å². The normalized spacial score (nSPS) is 11.2. The Morgan fingerprint density at radius 3 is 2.15 bits per heavy atom. The van der Waals surface area contributed by atoms with Crippen LogP contribution in [0.15, 0.2) is 60.7 Å². The summed E-state index contributed by atoms with van der Waals surface area (Å²) in [6.07, 6.45) is 0.677. The van der Waals surface area contributed by atoms with Gasteiger partial charge in [0.05, 0.1) is 39.3 Å². The standard InChI is InChI=1S/C31H34N2O6S/c1-31(2,3)27-18-23(28(40-27)29(34)38-6)33-30(35)32-22-12-14-24(21-10-8-7-9-20(21)22)39-16-15-19-11-13-25(36-4)26(17-19)37-5/h7-14,17-18H,15-16H2,1-6H3,(H2,32,33,35). The zero-order chi connectivity index (χ0) is 28.9. The van der Waals surface area contributed by atoms with Gasteiger partial charge in [-0.1, -0.05) is 51.1 Å². The Morgan fingerprint density at radius 1 is 0.800 bits per heavy atom. The molecule has 0 unspecified atom stereocenters. The molecule has 1 heterocycles. The van der Waals surface area contributed by atoms with Gasteiger partial charge in [-0.2, -0.15) is 0 Å². The number of benzene rings is 3. The molecule has 3 aromatic carbocycles. The van der Waals surface area contributed by atoms with Gasteiger partial charge in [0.2, 0.25) is 0 Å². The first kappa shape index (κ1) is 28.8.